The first kappa shape index (κ1) is 19.5. The molecule has 1 fully saturated rings. The van der Waals surface area contributed by atoms with Crippen LogP contribution in [0.2, 0.25) is 0 Å². The van der Waals surface area contributed by atoms with Gasteiger partial charge in [-0.15, -0.1) is 12.4 Å². The van der Waals surface area contributed by atoms with E-state index in [4.69, 9.17) is 4.42 Å². The molecule has 25 heavy (non-hydrogen) atoms. The number of furan rings is 1. The van der Waals surface area contributed by atoms with Gasteiger partial charge in [0.05, 0.1) is 0 Å². The first-order valence-electron chi connectivity index (χ1n) is 8.78. The Kier molecular flexibility index (Phi) is 6.68. The molecule has 1 saturated heterocycles. The number of hydrogen-bond donors (Lipinski definition) is 2. The van der Waals surface area contributed by atoms with E-state index in [0.29, 0.717) is 12.3 Å². The highest BCUT2D eigenvalue weighted by atomic mass is 35.5. The van der Waals surface area contributed by atoms with Crippen LogP contribution in [-0.2, 0) is 6.42 Å². The highest BCUT2D eigenvalue weighted by Gasteiger charge is 2.27. The van der Waals surface area contributed by atoms with Gasteiger partial charge in [-0.05, 0) is 55.5 Å². The molecule has 0 atom stereocenters. The van der Waals surface area contributed by atoms with E-state index in [-0.39, 0.29) is 23.7 Å². The van der Waals surface area contributed by atoms with E-state index in [2.05, 4.69) is 36.6 Å². The van der Waals surface area contributed by atoms with E-state index in [1.54, 1.807) is 6.07 Å². The Bertz CT molecular complexity index is 688. The first-order valence-corrected chi connectivity index (χ1v) is 8.78. The topological polar surface area (TPSA) is 54.3 Å². The Morgan fingerprint density at radius 1 is 1.16 bits per heavy atom. The van der Waals surface area contributed by atoms with Crippen LogP contribution in [-0.4, -0.2) is 25.5 Å². The average Bonchev–Trinajstić information content (AvgIpc) is 3.11. The standard InChI is InChI=1S/C20H26N2O2.ClH/c1-3-15-4-6-16(7-5-15)17-8-9-18(24-17)19(23)22-14-20(2)10-12-21-13-11-20;/h4-9,21H,3,10-14H2,1-2H3,(H,22,23);1H. The van der Waals surface area contributed by atoms with Crippen LogP contribution in [0, 0.1) is 5.41 Å². The van der Waals surface area contributed by atoms with E-state index >= 15 is 0 Å². The molecule has 4 nitrogen and oxygen atoms in total. The number of amides is 1. The van der Waals surface area contributed by atoms with Crippen molar-refractivity contribution in [3.63, 3.8) is 0 Å². The fourth-order valence-electron chi connectivity index (χ4n) is 3.11. The number of nitrogens with one attached hydrogen (secondary N) is 2. The molecule has 0 unspecified atom stereocenters. The minimum atomic E-state index is -0.133. The van der Waals surface area contributed by atoms with Crippen molar-refractivity contribution < 1.29 is 9.21 Å². The van der Waals surface area contributed by atoms with E-state index in [1.807, 2.05) is 18.2 Å². The van der Waals surface area contributed by atoms with E-state index in [9.17, 15) is 4.79 Å². The molecule has 136 valence electrons. The number of piperidine rings is 1. The molecule has 1 aromatic heterocycles. The van der Waals surface area contributed by atoms with Crippen LogP contribution in [0.4, 0.5) is 0 Å². The molecule has 2 aromatic rings. The van der Waals surface area contributed by atoms with Crippen LogP contribution in [0.15, 0.2) is 40.8 Å². The zero-order valence-corrected chi connectivity index (χ0v) is 15.7. The van der Waals surface area contributed by atoms with Gasteiger partial charge in [0.1, 0.15) is 5.76 Å². The maximum atomic E-state index is 12.4. The lowest BCUT2D eigenvalue weighted by Gasteiger charge is -2.33. The minimum absolute atomic E-state index is 0. The summed E-state index contributed by atoms with van der Waals surface area (Å²) in [7, 11) is 0. The summed E-state index contributed by atoms with van der Waals surface area (Å²) in [5.41, 5.74) is 2.46. The summed E-state index contributed by atoms with van der Waals surface area (Å²) in [6.45, 7) is 7.09. The van der Waals surface area contributed by atoms with Gasteiger partial charge < -0.3 is 15.1 Å². The highest BCUT2D eigenvalue weighted by molar-refractivity contribution is 5.92. The van der Waals surface area contributed by atoms with Gasteiger partial charge in [0.25, 0.3) is 5.91 Å². The zero-order chi connectivity index (χ0) is 17.0. The number of aryl methyl sites for hydroxylation is 1. The Morgan fingerprint density at radius 2 is 1.84 bits per heavy atom. The quantitative estimate of drug-likeness (QED) is 0.843. The molecule has 0 radical (unpaired) electrons. The number of halogens is 1. The van der Waals surface area contributed by atoms with Crippen molar-refractivity contribution in [2.24, 2.45) is 5.41 Å². The Balaban J connectivity index is 0.00000225. The molecular weight excluding hydrogens is 336 g/mol. The number of carbonyl (C=O) groups is 1. The van der Waals surface area contributed by atoms with Gasteiger partial charge in [0, 0.05) is 12.1 Å². The predicted octanol–water partition coefficient (Wildman–Crippen LogP) is 4.05. The molecule has 0 spiro atoms. The maximum Gasteiger partial charge on any atom is 0.287 e. The largest absolute Gasteiger partial charge is 0.451 e. The zero-order valence-electron chi connectivity index (χ0n) is 14.9. The second-order valence-corrected chi connectivity index (χ2v) is 6.96. The van der Waals surface area contributed by atoms with Gasteiger partial charge >= 0.3 is 0 Å². The van der Waals surface area contributed by atoms with Crippen molar-refractivity contribution in [2.45, 2.75) is 33.1 Å². The molecule has 2 heterocycles. The normalized spacial score (nSPS) is 16.1. The lowest BCUT2D eigenvalue weighted by molar-refractivity contribution is 0.0895. The van der Waals surface area contributed by atoms with E-state index in [1.165, 1.54) is 5.56 Å². The molecular formula is C20H27ClN2O2. The van der Waals surface area contributed by atoms with Crippen molar-refractivity contribution in [1.82, 2.24) is 10.6 Å². The minimum Gasteiger partial charge on any atom is -0.451 e. The molecule has 5 heteroatoms. The molecule has 3 rings (SSSR count). The maximum absolute atomic E-state index is 12.4. The molecule has 1 amide bonds. The van der Waals surface area contributed by atoms with E-state index < -0.39 is 0 Å². The number of hydrogen-bond acceptors (Lipinski definition) is 3. The predicted molar refractivity (Wildman–Crippen MR) is 103 cm³/mol. The van der Waals surface area contributed by atoms with Gasteiger partial charge in [0.2, 0.25) is 0 Å². The Labute approximate surface area is 155 Å². The third-order valence-electron chi connectivity index (χ3n) is 4.96. The molecule has 0 aliphatic carbocycles. The summed E-state index contributed by atoms with van der Waals surface area (Å²) in [5, 5.41) is 6.39. The highest BCUT2D eigenvalue weighted by Crippen LogP contribution is 2.27. The van der Waals surface area contributed by atoms with Crippen LogP contribution in [0.25, 0.3) is 11.3 Å². The summed E-state index contributed by atoms with van der Waals surface area (Å²) in [4.78, 5) is 12.4. The van der Waals surface area contributed by atoms with Crippen molar-refractivity contribution in [3.05, 3.63) is 47.7 Å². The van der Waals surface area contributed by atoms with Gasteiger partial charge in [0.15, 0.2) is 5.76 Å². The molecule has 0 saturated carbocycles. The number of carbonyl (C=O) groups excluding carboxylic acids is 1. The third-order valence-corrected chi connectivity index (χ3v) is 4.96. The molecule has 2 N–H and O–H groups in total. The smallest absolute Gasteiger partial charge is 0.287 e. The van der Waals surface area contributed by atoms with Gasteiger partial charge in [-0.1, -0.05) is 38.1 Å². The molecule has 0 bridgehead atoms. The number of rotatable bonds is 5. The van der Waals surface area contributed by atoms with Gasteiger partial charge in [-0.3, -0.25) is 4.79 Å². The average molecular weight is 363 g/mol. The lowest BCUT2D eigenvalue weighted by Crippen LogP contribution is -2.42. The van der Waals surface area contributed by atoms with Crippen molar-refractivity contribution in [3.8, 4) is 11.3 Å². The first-order chi connectivity index (χ1) is 11.6. The van der Waals surface area contributed by atoms with Gasteiger partial charge in [-0.2, -0.15) is 0 Å². The summed E-state index contributed by atoms with van der Waals surface area (Å²) in [5.74, 6) is 0.976. The summed E-state index contributed by atoms with van der Waals surface area (Å²) in [6.07, 6.45) is 3.18. The van der Waals surface area contributed by atoms with Crippen molar-refractivity contribution in [2.75, 3.05) is 19.6 Å². The van der Waals surface area contributed by atoms with Crippen LogP contribution in [0.3, 0.4) is 0 Å². The van der Waals surface area contributed by atoms with Crippen LogP contribution >= 0.6 is 12.4 Å². The third kappa shape index (κ3) is 4.86. The molecule has 1 aliphatic rings. The van der Waals surface area contributed by atoms with Crippen LogP contribution in [0.1, 0.15) is 42.8 Å². The summed E-state index contributed by atoms with van der Waals surface area (Å²) in [6, 6.07) is 11.9. The molecule has 1 aliphatic heterocycles. The summed E-state index contributed by atoms with van der Waals surface area (Å²) < 4.78 is 5.75. The van der Waals surface area contributed by atoms with Crippen molar-refractivity contribution >= 4 is 18.3 Å². The Morgan fingerprint density at radius 3 is 2.48 bits per heavy atom. The van der Waals surface area contributed by atoms with E-state index in [0.717, 1.165) is 43.7 Å². The van der Waals surface area contributed by atoms with Crippen LogP contribution < -0.4 is 10.6 Å². The second-order valence-electron chi connectivity index (χ2n) is 6.96. The monoisotopic (exact) mass is 362 g/mol. The van der Waals surface area contributed by atoms with Gasteiger partial charge in [-0.25, -0.2) is 0 Å². The lowest BCUT2D eigenvalue weighted by atomic mass is 9.81. The number of benzene rings is 1. The summed E-state index contributed by atoms with van der Waals surface area (Å²) >= 11 is 0. The van der Waals surface area contributed by atoms with Crippen molar-refractivity contribution in [1.29, 1.82) is 0 Å². The second kappa shape index (κ2) is 8.54. The fraction of sp³-hybridized carbons (Fsp3) is 0.450. The fourth-order valence-corrected chi connectivity index (χ4v) is 3.11. The van der Waals surface area contributed by atoms with Crippen LogP contribution in [0.5, 0.6) is 0 Å². The SMILES string of the molecule is CCc1ccc(-c2ccc(C(=O)NCC3(C)CCNCC3)o2)cc1.Cl. The Hall–Kier alpha value is -1.78. The molecule has 1 aromatic carbocycles.